The summed E-state index contributed by atoms with van der Waals surface area (Å²) >= 11 is 1.45. The highest BCUT2D eigenvalue weighted by molar-refractivity contribution is 7.13. The van der Waals surface area contributed by atoms with Crippen molar-refractivity contribution in [2.45, 2.75) is 6.92 Å². The Balaban J connectivity index is 2.86. The number of rotatable bonds is 0. The maximum absolute atomic E-state index is 5.63. The highest BCUT2D eigenvalue weighted by atomic mass is 32.1. The number of aryl methyl sites for hydroxylation is 1. The number of nitrogen functional groups attached to an aromatic ring is 1. The van der Waals surface area contributed by atoms with Gasteiger partial charge in [0.1, 0.15) is 5.82 Å². The number of nitrogens with two attached hydrogens (primary N) is 1. The molecule has 56 valence electrons. The van der Waals surface area contributed by atoms with Crippen LogP contribution in [0.5, 0.6) is 0 Å². The Morgan fingerprint density at radius 1 is 1.45 bits per heavy atom. The van der Waals surface area contributed by atoms with E-state index in [4.69, 9.17) is 5.73 Å². The van der Waals surface area contributed by atoms with Gasteiger partial charge in [0.2, 0.25) is 0 Å². The molecule has 0 saturated carbocycles. The summed E-state index contributed by atoms with van der Waals surface area (Å²) in [5.74, 6) is 0.644. The van der Waals surface area contributed by atoms with Gasteiger partial charge in [-0.2, -0.15) is 4.37 Å². The van der Waals surface area contributed by atoms with E-state index < -0.39 is 0 Å². The first kappa shape index (κ1) is 6.61. The minimum atomic E-state index is 0.644. The molecule has 0 saturated heterocycles. The van der Waals surface area contributed by atoms with E-state index in [9.17, 15) is 0 Å². The molecule has 1 heterocycles. The van der Waals surface area contributed by atoms with Gasteiger partial charge in [0.15, 0.2) is 0 Å². The number of hydrogen-bond donors (Lipinski definition) is 1. The summed E-state index contributed by atoms with van der Waals surface area (Å²) in [6, 6.07) is 6.17. The summed E-state index contributed by atoms with van der Waals surface area (Å²) in [6.07, 6.45) is 0. The van der Waals surface area contributed by atoms with Crippen LogP contribution in [0.4, 0.5) is 5.82 Å². The summed E-state index contributed by atoms with van der Waals surface area (Å²) in [4.78, 5) is 0. The molecular formula is C8H8N2S. The summed E-state index contributed by atoms with van der Waals surface area (Å²) in [7, 11) is 0. The van der Waals surface area contributed by atoms with Crippen LogP contribution in [0.25, 0.3) is 10.1 Å². The van der Waals surface area contributed by atoms with Crippen molar-refractivity contribution >= 4 is 27.4 Å². The average Bonchev–Trinajstić information content (AvgIpc) is 2.32. The lowest BCUT2D eigenvalue weighted by Crippen LogP contribution is -1.82. The first-order chi connectivity index (χ1) is 5.27. The molecule has 2 N–H and O–H groups in total. The lowest BCUT2D eigenvalue weighted by molar-refractivity contribution is 1.51. The summed E-state index contributed by atoms with van der Waals surface area (Å²) in [5.41, 5.74) is 6.88. The van der Waals surface area contributed by atoms with E-state index in [0.29, 0.717) is 5.82 Å². The molecule has 2 nitrogen and oxygen atoms in total. The van der Waals surface area contributed by atoms with Gasteiger partial charge >= 0.3 is 0 Å². The molecule has 0 unspecified atom stereocenters. The van der Waals surface area contributed by atoms with Crippen LogP contribution in [0.1, 0.15) is 5.56 Å². The SMILES string of the molecule is Cc1ccc2c(N)nsc2c1. The first-order valence-corrected chi connectivity index (χ1v) is 4.16. The van der Waals surface area contributed by atoms with E-state index in [-0.39, 0.29) is 0 Å². The van der Waals surface area contributed by atoms with Gasteiger partial charge in [-0.05, 0) is 36.2 Å². The average molecular weight is 164 g/mol. The molecule has 11 heavy (non-hydrogen) atoms. The van der Waals surface area contributed by atoms with Crippen LogP contribution < -0.4 is 5.73 Å². The van der Waals surface area contributed by atoms with Crippen molar-refractivity contribution in [3.8, 4) is 0 Å². The highest BCUT2D eigenvalue weighted by Crippen LogP contribution is 2.24. The second-order valence-corrected chi connectivity index (χ2v) is 3.37. The van der Waals surface area contributed by atoms with Crippen molar-refractivity contribution in [1.29, 1.82) is 0 Å². The topological polar surface area (TPSA) is 38.9 Å². The number of fused-ring (bicyclic) bond motifs is 1. The predicted octanol–water partition coefficient (Wildman–Crippen LogP) is 2.19. The van der Waals surface area contributed by atoms with Crippen LogP contribution in [-0.4, -0.2) is 4.37 Å². The minimum Gasteiger partial charge on any atom is -0.382 e. The van der Waals surface area contributed by atoms with Gasteiger partial charge in [0.25, 0.3) is 0 Å². The molecular weight excluding hydrogens is 156 g/mol. The van der Waals surface area contributed by atoms with Crippen LogP contribution >= 0.6 is 11.5 Å². The van der Waals surface area contributed by atoms with Crippen LogP contribution in [-0.2, 0) is 0 Å². The van der Waals surface area contributed by atoms with Gasteiger partial charge in [0, 0.05) is 5.39 Å². The van der Waals surface area contributed by atoms with Crippen molar-refractivity contribution in [2.24, 2.45) is 0 Å². The van der Waals surface area contributed by atoms with Gasteiger partial charge in [-0.3, -0.25) is 0 Å². The molecule has 2 aromatic rings. The van der Waals surface area contributed by atoms with Crippen molar-refractivity contribution < 1.29 is 0 Å². The van der Waals surface area contributed by atoms with Crippen molar-refractivity contribution in [3.63, 3.8) is 0 Å². The van der Waals surface area contributed by atoms with Gasteiger partial charge in [-0.15, -0.1) is 0 Å². The van der Waals surface area contributed by atoms with Gasteiger partial charge in [0.05, 0.1) is 4.70 Å². The lowest BCUT2D eigenvalue weighted by atomic mass is 10.2. The third-order valence-corrected chi connectivity index (χ3v) is 2.48. The minimum absolute atomic E-state index is 0.644. The molecule has 0 aliphatic carbocycles. The Morgan fingerprint density at radius 2 is 2.27 bits per heavy atom. The molecule has 2 rings (SSSR count). The molecule has 0 amide bonds. The van der Waals surface area contributed by atoms with Crippen LogP contribution in [0.3, 0.4) is 0 Å². The smallest absolute Gasteiger partial charge is 0.144 e. The summed E-state index contributed by atoms with van der Waals surface area (Å²) in [6.45, 7) is 2.06. The Morgan fingerprint density at radius 3 is 3.09 bits per heavy atom. The fourth-order valence-corrected chi connectivity index (χ4v) is 1.87. The zero-order valence-corrected chi connectivity index (χ0v) is 6.98. The Hall–Kier alpha value is -1.09. The molecule has 3 heteroatoms. The summed E-state index contributed by atoms with van der Waals surface area (Å²) < 4.78 is 5.23. The molecule has 0 aliphatic rings. The lowest BCUT2D eigenvalue weighted by Gasteiger charge is -1.90. The quantitative estimate of drug-likeness (QED) is 0.648. The van der Waals surface area contributed by atoms with Crippen molar-refractivity contribution in [2.75, 3.05) is 5.73 Å². The van der Waals surface area contributed by atoms with Crippen molar-refractivity contribution in [3.05, 3.63) is 23.8 Å². The zero-order chi connectivity index (χ0) is 7.84. The molecule has 0 aliphatic heterocycles. The number of benzene rings is 1. The largest absolute Gasteiger partial charge is 0.382 e. The van der Waals surface area contributed by atoms with E-state index in [0.717, 1.165) is 5.39 Å². The maximum atomic E-state index is 5.63. The third kappa shape index (κ3) is 0.973. The predicted molar refractivity (Wildman–Crippen MR) is 48.8 cm³/mol. The molecule has 0 spiro atoms. The molecule has 1 aromatic heterocycles. The molecule has 1 aromatic carbocycles. The molecule has 0 atom stereocenters. The maximum Gasteiger partial charge on any atom is 0.144 e. The number of hydrogen-bond acceptors (Lipinski definition) is 3. The Kier molecular flexibility index (Phi) is 1.32. The Bertz CT molecular complexity index is 392. The number of anilines is 1. The monoisotopic (exact) mass is 164 g/mol. The van der Waals surface area contributed by atoms with Crippen LogP contribution in [0, 0.1) is 6.92 Å². The standard InChI is InChI=1S/C8H8N2S/c1-5-2-3-6-7(4-5)11-10-8(6)9/h2-4H,1H3,(H2,9,10). The molecule has 0 fully saturated rings. The normalized spacial score (nSPS) is 10.6. The van der Waals surface area contributed by atoms with Gasteiger partial charge in [-0.25, -0.2) is 0 Å². The molecule has 0 radical (unpaired) electrons. The zero-order valence-electron chi connectivity index (χ0n) is 6.16. The fourth-order valence-electron chi connectivity index (χ4n) is 1.06. The van der Waals surface area contributed by atoms with E-state index in [2.05, 4.69) is 17.4 Å². The van der Waals surface area contributed by atoms with E-state index in [1.807, 2.05) is 12.1 Å². The van der Waals surface area contributed by atoms with E-state index in [1.165, 1.54) is 21.8 Å². The van der Waals surface area contributed by atoms with Crippen molar-refractivity contribution in [1.82, 2.24) is 4.37 Å². The second kappa shape index (κ2) is 2.20. The fraction of sp³-hybridized carbons (Fsp3) is 0.125. The second-order valence-electron chi connectivity index (χ2n) is 2.57. The first-order valence-electron chi connectivity index (χ1n) is 3.39. The summed E-state index contributed by atoms with van der Waals surface area (Å²) in [5, 5.41) is 1.07. The third-order valence-electron chi connectivity index (χ3n) is 1.66. The van der Waals surface area contributed by atoms with Crippen LogP contribution in [0.15, 0.2) is 18.2 Å². The van der Waals surface area contributed by atoms with E-state index in [1.54, 1.807) is 0 Å². The van der Waals surface area contributed by atoms with E-state index >= 15 is 0 Å². The van der Waals surface area contributed by atoms with Gasteiger partial charge in [-0.1, -0.05) is 6.07 Å². The van der Waals surface area contributed by atoms with Gasteiger partial charge < -0.3 is 5.73 Å². The number of nitrogens with zero attached hydrogens (tertiary/aromatic N) is 1. The Labute approximate surface area is 68.8 Å². The van der Waals surface area contributed by atoms with Crippen LogP contribution in [0.2, 0.25) is 0 Å². The number of aromatic nitrogens is 1. The molecule has 0 bridgehead atoms. The highest BCUT2D eigenvalue weighted by Gasteiger charge is 2.00.